The van der Waals surface area contributed by atoms with E-state index in [9.17, 15) is 65.6 Å². The van der Waals surface area contributed by atoms with E-state index in [1.54, 1.807) is 46.0 Å². The number of allylic oxidation sites excluding steroid dienone is 2. The standard InChI is InChI=1S/C57H59F6N13O6/c1-36-48(52(79)71-26-18-66-19-27-71)50(40-14-10-38(32-64)11-15-40)73(54(81)75(36)44-8-4-6-42(30-44)56(58,59)60)34-46(77)68-22-24-70(3)25-23-69-47(78)35-74-51(41-16-12-39(33-65)13-17-41)49(53(80)72-28-20-67-21-29-72)37(2)76(55(74)82)45-9-5-7-43(31-45)57(61,62)63/h4-17,30-31,50-51,66-67H,18-29,34-35H2,1-3H3,(H,68,77)(H,69,78)/t50-,51-/m1/s1. The molecule has 2 fully saturated rings. The molecule has 2 atom stereocenters. The number of amides is 8. The first-order chi connectivity index (χ1) is 39.1. The monoisotopic (exact) mass is 1140 g/mol. The van der Waals surface area contributed by atoms with E-state index in [0.717, 1.165) is 56.0 Å². The van der Waals surface area contributed by atoms with Gasteiger partial charge >= 0.3 is 24.4 Å². The molecule has 430 valence electrons. The summed E-state index contributed by atoms with van der Waals surface area (Å²) >= 11 is 0. The minimum atomic E-state index is -4.78. The van der Waals surface area contributed by atoms with Gasteiger partial charge in [0.25, 0.3) is 11.8 Å². The number of nitriles is 2. The van der Waals surface area contributed by atoms with Crippen LogP contribution in [-0.2, 0) is 31.5 Å². The van der Waals surface area contributed by atoms with E-state index in [2.05, 4.69) is 21.3 Å². The van der Waals surface area contributed by atoms with Gasteiger partial charge in [-0.25, -0.2) is 9.59 Å². The zero-order valence-corrected chi connectivity index (χ0v) is 45.0. The van der Waals surface area contributed by atoms with Crippen molar-refractivity contribution in [3.05, 3.63) is 153 Å². The molecule has 4 aliphatic heterocycles. The molecule has 0 radical (unpaired) electrons. The van der Waals surface area contributed by atoms with Crippen LogP contribution in [0.5, 0.6) is 0 Å². The first-order valence-electron chi connectivity index (χ1n) is 26.3. The number of carbonyl (C=O) groups is 6. The van der Waals surface area contributed by atoms with Gasteiger partial charge in [0.05, 0.1) is 69.0 Å². The van der Waals surface area contributed by atoms with Gasteiger partial charge in [0.1, 0.15) is 13.1 Å². The van der Waals surface area contributed by atoms with Crippen molar-refractivity contribution in [1.29, 1.82) is 10.5 Å². The lowest BCUT2D eigenvalue weighted by atomic mass is 9.91. The summed E-state index contributed by atoms with van der Waals surface area (Å²) in [6.07, 6.45) is -9.56. The fraction of sp³-hybridized carbons (Fsp3) is 0.368. The molecular formula is C57H59F6N13O6. The molecule has 0 unspecified atom stereocenters. The van der Waals surface area contributed by atoms with Crippen molar-refractivity contribution >= 4 is 47.1 Å². The first kappa shape index (κ1) is 59.3. The zero-order chi connectivity index (χ0) is 59.0. The lowest BCUT2D eigenvalue weighted by Crippen LogP contribution is -2.56. The molecule has 4 aliphatic rings. The maximum absolute atomic E-state index is 14.8. The predicted octanol–water partition coefficient (Wildman–Crippen LogP) is 5.71. The summed E-state index contributed by atoms with van der Waals surface area (Å²) in [7, 11) is 1.69. The van der Waals surface area contributed by atoms with Crippen LogP contribution in [0, 0.1) is 22.7 Å². The molecule has 4 N–H and O–H groups in total. The van der Waals surface area contributed by atoms with Crippen molar-refractivity contribution < 1.29 is 55.1 Å². The second-order valence-electron chi connectivity index (χ2n) is 19.9. The molecule has 0 saturated carbocycles. The van der Waals surface area contributed by atoms with Crippen molar-refractivity contribution in [1.82, 2.24) is 45.8 Å². The highest BCUT2D eigenvalue weighted by Gasteiger charge is 2.47. The largest absolute Gasteiger partial charge is 0.416 e. The Hall–Kier alpha value is -8.78. The van der Waals surface area contributed by atoms with Gasteiger partial charge in [-0.05, 0) is 92.7 Å². The Morgan fingerprint density at radius 3 is 1.27 bits per heavy atom. The molecule has 8 rings (SSSR count). The molecule has 4 heterocycles. The van der Waals surface area contributed by atoms with Crippen LogP contribution in [0.3, 0.4) is 0 Å². The summed E-state index contributed by atoms with van der Waals surface area (Å²) in [6, 6.07) is 20.1. The minimum absolute atomic E-state index is 0.0128. The van der Waals surface area contributed by atoms with E-state index in [1.807, 2.05) is 12.1 Å². The number of anilines is 2. The van der Waals surface area contributed by atoms with Gasteiger partial charge in [-0.15, -0.1) is 0 Å². The number of halogens is 6. The quantitative estimate of drug-likeness (QED) is 0.0996. The highest BCUT2D eigenvalue weighted by atomic mass is 19.4. The summed E-state index contributed by atoms with van der Waals surface area (Å²) in [5.41, 5.74) is -1.02. The third-order valence-corrected chi connectivity index (χ3v) is 14.6. The molecule has 0 aromatic heterocycles. The van der Waals surface area contributed by atoms with Crippen LogP contribution in [0.2, 0.25) is 0 Å². The van der Waals surface area contributed by atoms with E-state index in [1.165, 1.54) is 50.2 Å². The number of nitrogens with zero attached hydrogens (tertiary/aromatic N) is 9. The summed E-state index contributed by atoms with van der Waals surface area (Å²) in [4.78, 5) is 95.9. The second kappa shape index (κ2) is 25.3. The van der Waals surface area contributed by atoms with Crippen LogP contribution in [-0.4, -0.2) is 159 Å². The smallest absolute Gasteiger partial charge is 0.353 e. The molecule has 19 nitrogen and oxygen atoms in total. The van der Waals surface area contributed by atoms with Gasteiger partial charge < -0.3 is 45.8 Å². The van der Waals surface area contributed by atoms with Crippen molar-refractivity contribution in [2.24, 2.45) is 0 Å². The summed E-state index contributed by atoms with van der Waals surface area (Å²) in [6.45, 7) is 4.89. The number of hydrogen-bond acceptors (Lipinski definition) is 11. The molecule has 4 aromatic carbocycles. The van der Waals surface area contributed by atoms with Crippen molar-refractivity contribution in [3.63, 3.8) is 0 Å². The third-order valence-electron chi connectivity index (χ3n) is 14.6. The molecule has 0 bridgehead atoms. The summed E-state index contributed by atoms with van der Waals surface area (Å²) < 4.78 is 84.5. The van der Waals surface area contributed by atoms with Crippen LogP contribution in [0.1, 0.15) is 59.3 Å². The third kappa shape index (κ3) is 13.2. The summed E-state index contributed by atoms with van der Waals surface area (Å²) in [5, 5.41) is 31.1. The van der Waals surface area contributed by atoms with E-state index in [-0.39, 0.29) is 97.4 Å². The number of alkyl halides is 6. The normalized spacial score (nSPS) is 18.2. The topological polar surface area (TPSA) is 221 Å². The minimum Gasteiger partial charge on any atom is -0.353 e. The van der Waals surface area contributed by atoms with E-state index < -0.39 is 84.3 Å². The van der Waals surface area contributed by atoms with Crippen molar-refractivity contribution in [2.75, 3.05) is 108 Å². The van der Waals surface area contributed by atoms with Gasteiger partial charge in [-0.1, -0.05) is 36.4 Å². The highest BCUT2D eigenvalue weighted by molar-refractivity contribution is 6.07. The number of hydrogen-bond donors (Lipinski definition) is 4. The Bertz CT molecular complexity index is 3020. The van der Waals surface area contributed by atoms with Crippen molar-refractivity contribution in [2.45, 2.75) is 38.3 Å². The van der Waals surface area contributed by atoms with Crippen molar-refractivity contribution in [3.8, 4) is 12.1 Å². The molecule has 82 heavy (non-hydrogen) atoms. The number of benzene rings is 4. The molecule has 0 spiro atoms. The maximum Gasteiger partial charge on any atom is 0.416 e. The Labute approximate surface area is 469 Å². The fourth-order valence-electron chi connectivity index (χ4n) is 10.4. The lowest BCUT2D eigenvalue weighted by molar-refractivity contribution is -0.138. The Balaban J connectivity index is 0.982. The van der Waals surface area contributed by atoms with Crippen LogP contribution >= 0.6 is 0 Å². The number of piperazine rings is 2. The molecule has 0 aliphatic carbocycles. The van der Waals surface area contributed by atoms with Gasteiger partial charge in [-0.2, -0.15) is 36.9 Å². The average Bonchev–Trinajstić information content (AvgIpc) is 2.82. The van der Waals surface area contributed by atoms with Gasteiger partial charge in [0.15, 0.2) is 0 Å². The Kier molecular flexibility index (Phi) is 18.3. The maximum atomic E-state index is 14.8. The van der Waals surface area contributed by atoms with E-state index >= 15 is 0 Å². The molecule has 2 saturated heterocycles. The first-order valence-corrected chi connectivity index (χ1v) is 26.3. The number of rotatable bonds is 16. The van der Waals surface area contributed by atoms with Crippen LogP contribution in [0.15, 0.2) is 120 Å². The number of carbonyl (C=O) groups excluding carboxylic acids is 6. The lowest BCUT2D eigenvalue weighted by Gasteiger charge is -2.44. The molecule has 8 amide bonds. The highest BCUT2D eigenvalue weighted by Crippen LogP contribution is 2.44. The van der Waals surface area contributed by atoms with Gasteiger partial charge in [0.2, 0.25) is 11.8 Å². The average molecular weight is 1140 g/mol. The SMILES string of the molecule is CC1=C(C(=O)N2CCNCC2)[C@@H](c2ccc(C#N)cc2)N(CC(=O)NCCN(C)CCNC(=O)CN2C(=O)N(c3cccc(C(F)(F)F)c3)C(C)=C(C(=O)N3CCNCC3)[C@H]2c2ccc(C#N)cc2)C(=O)N1c1cccc(C(F)(F)F)c1. The Morgan fingerprint density at radius 2 is 0.939 bits per heavy atom. The number of urea groups is 2. The fourth-order valence-corrected chi connectivity index (χ4v) is 10.4. The van der Waals surface area contributed by atoms with E-state index in [4.69, 9.17) is 0 Å². The number of likely N-dealkylation sites (N-methyl/N-ethyl adjacent to an activating group) is 1. The van der Waals surface area contributed by atoms with Gasteiger partial charge in [0, 0.05) is 89.9 Å². The predicted molar refractivity (Wildman–Crippen MR) is 288 cm³/mol. The van der Waals surface area contributed by atoms with Gasteiger partial charge in [-0.3, -0.25) is 29.0 Å². The van der Waals surface area contributed by atoms with Crippen LogP contribution in [0.25, 0.3) is 0 Å². The van der Waals surface area contributed by atoms with Crippen LogP contribution in [0.4, 0.5) is 47.3 Å². The van der Waals surface area contributed by atoms with Crippen LogP contribution < -0.4 is 31.1 Å². The molecular weight excluding hydrogens is 1080 g/mol. The summed E-state index contributed by atoms with van der Waals surface area (Å²) in [5.74, 6) is -2.37. The second-order valence-corrected chi connectivity index (χ2v) is 19.9. The number of nitrogens with one attached hydrogen (secondary N) is 4. The Morgan fingerprint density at radius 1 is 0.585 bits per heavy atom. The van der Waals surface area contributed by atoms with E-state index in [0.29, 0.717) is 37.3 Å². The zero-order valence-electron chi connectivity index (χ0n) is 45.0. The molecule has 4 aromatic rings. The molecule has 25 heteroatoms.